The van der Waals surface area contributed by atoms with E-state index in [9.17, 15) is 19.5 Å². The van der Waals surface area contributed by atoms with Gasteiger partial charge < -0.3 is 24.9 Å². The number of aromatic nitrogens is 1. The fraction of sp³-hybridized carbons (Fsp3) is 0.267. The second-order valence-corrected chi connectivity index (χ2v) is 6.85. The van der Waals surface area contributed by atoms with Crippen molar-refractivity contribution >= 4 is 13.3 Å². The molecule has 0 spiro atoms. The third-order valence-electron chi connectivity index (χ3n) is 3.40. The zero-order valence-corrected chi connectivity index (χ0v) is 13.7. The molecule has 1 aromatic carbocycles. The smallest absolute Gasteiger partial charge is 0.327 e. The first-order valence-corrected chi connectivity index (χ1v) is 8.68. The normalized spacial score (nSPS) is 12.7. The summed E-state index contributed by atoms with van der Waals surface area (Å²) in [6.45, 7) is 1.70. The Balaban J connectivity index is 2.41. The minimum Gasteiger partial charge on any atom is -0.508 e. The zero-order chi connectivity index (χ0) is 17.0. The highest BCUT2D eigenvalue weighted by atomic mass is 31.2. The summed E-state index contributed by atoms with van der Waals surface area (Å²) in [5.41, 5.74) is 1.69. The molecule has 0 aliphatic carbocycles. The van der Waals surface area contributed by atoms with Crippen LogP contribution in [0.25, 0.3) is 0 Å². The van der Waals surface area contributed by atoms with Crippen LogP contribution in [0.1, 0.15) is 17.2 Å². The van der Waals surface area contributed by atoms with Gasteiger partial charge in [-0.15, -0.1) is 0 Å². The monoisotopic (exact) mass is 338 g/mol. The molecule has 0 saturated heterocycles. The number of hydrogen-bond acceptors (Lipinski definition) is 5. The highest BCUT2D eigenvalue weighted by Gasteiger charge is 2.24. The fourth-order valence-corrected chi connectivity index (χ4v) is 3.01. The number of aromatic hydroxyl groups is 1. The van der Waals surface area contributed by atoms with Gasteiger partial charge in [0.1, 0.15) is 11.5 Å². The van der Waals surface area contributed by atoms with Gasteiger partial charge in [-0.05, 0) is 36.8 Å². The number of nitrogens with zero attached hydrogens (tertiary/aromatic N) is 1. The Morgan fingerprint density at radius 3 is 2.70 bits per heavy atom. The van der Waals surface area contributed by atoms with Gasteiger partial charge in [0, 0.05) is 18.0 Å². The van der Waals surface area contributed by atoms with E-state index in [4.69, 9.17) is 4.74 Å². The molecule has 0 amide bonds. The first kappa shape index (κ1) is 17.3. The van der Waals surface area contributed by atoms with E-state index in [0.29, 0.717) is 22.6 Å². The van der Waals surface area contributed by atoms with Gasteiger partial charge in [-0.3, -0.25) is 9.55 Å². The van der Waals surface area contributed by atoms with Crippen LogP contribution in [-0.4, -0.2) is 33.1 Å². The summed E-state index contributed by atoms with van der Waals surface area (Å²) in [4.78, 5) is 22.6. The molecule has 0 aliphatic rings. The Hall–Kier alpha value is -2.08. The molecular weight excluding hydrogens is 319 g/mol. The zero-order valence-electron chi connectivity index (χ0n) is 12.8. The van der Waals surface area contributed by atoms with Crippen molar-refractivity contribution in [2.45, 2.75) is 13.0 Å². The maximum absolute atomic E-state index is 11.5. The van der Waals surface area contributed by atoms with Gasteiger partial charge in [-0.2, -0.15) is 0 Å². The van der Waals surface area contributed by atoms with Gasteiger partial charge >= 0.3 is 7.60 Å². The van der Waals surface area contributed by atoms with Crippen molar-refractivity contribution in [1.82, 2.24) is 4.98 Å². The number of phenols is 1. The summed E-state index contributed by atoms with van der Waals surface area (Å²) in [5, 5.41) is 13.0. The molecule has 1 heterocycles. The number of phenolic OH excluding ortho intramolecular Hbond substituents is 1. The van der Waals surface area contributed by atoms with Crippen molar-refractivity contribution in [3.63, 3.8) is 0 Å². The summed E-state index contributed by atoms with van der Waals surface area (Å²) in [6, 6.07) is 5.87. The Morgan fingerprint density at radius 2 is 2.13 bits per heavy atom. The molecule has 0 radical (unpaired) electrons. The first-order chi connectivity index (χ1) is 10.8. The van der Waals surface area contributed by atoms with Crippen molar-refractivity contribution in [3.05, 3.63) is 47.8 Å². The predicted octanol–water partition coefficient (Wildman–Crippen LogP) is 2.44. The highest BCUT2D eigenvalue weighted by molar-refractivity contribution is 7.51. The van der Waals surface area contributed by atoms with Crippen LogP contribution in [0.15, 0.2) is 36.7 Å². The Kier molecular flexibility index (Phi) is 5.26. The van der Waals surface area contributed by atoms with E-state index in [1.54, 1.807) is 37.5 Å². The number of benzene rings is 1. The quantitative estimate of drug-likeness (QED) is 0.599. The Bertz CT molecular complexity index is 717. The molecule has 23 heavy (non-hydrogen) atoms. The summed E-state index contributed by atoms with van der Waals surface area (Å²) in [7, 11) is -2.81. The molecule has 2 aromatic rings. The van der Waals surface area contributed by atoms with Gasteiger partial charge in [0.15, 0.2) is 0 Å². The standard InChI is InChI=1S/C15H19N2O5P/c1-10-14(18)6-11(7-15(10)22-2)13(9-23(19,20)21)17-12-4-3-5-16-8-12/h3-8,13,17-18H,9H2,1-2H3,(H2,19,20,21). The van der Waals surface area contributed by atoms with E-state index >= 15 is 0 Å². The lowest BCUT2D eigenvalue weighted by molar-refractivity contribution is 0.369. The number of hydrogen-bond donors (Lipinski definition) is 4. The average molecular weight is 338 g/mol. The molecule has 7 nitrogen and oxygen atoms in total. The Morgan fingerprint density at radius 1 is 1.39 bits per heavy atom. The molecule has 2 rings (SSSR count). The van der Waals surface area contributed by atoms with Crippen LogP contribution < -0.4 is 10.1 Å². The number of ether oxygens (including phenoxy) is 1. The van der Waals surface area contributed by atoms with Crippen molar-refractivity contribution in [1.29, 1.82) is 0 Å². The van der Waals surface area contributed by atoms with Gasteiger partial charge in [-0.25, -0.2) is 0 Å². The van der Waals surface area contributed by atoms with E-state index in [2.05, 4.69) is 10.3 Å². The number of nitrogens with one attached hydrogen (secondary N) is 1. The van der Waals surface area contributed by atoms with E-state index in [0.717, 1.165) is 0 Å². The lowest BCUT2D eigenvalue weighted by atomic mass is 10.0. The van der Waals surface area contributed by atoms with Crippen LogP contribution in [0.3, 0.4) is 0 Å². The van der Waals surface area contributed by atoms with Crippen LogP contribution in [0.4, 0.5) is 5.69 Å². The van der Waals surface area contributed by atoms with Crippen molar-refractivity contribution < 1.29 is 24.2 Å². The molecule has 4 N–H and O–H groups in total. The minimum atomic E-state index is -4.28. The molecule has 124 valence electrons. The average Bonchev–Trinajstić information content (AvgIpc) is 2.49. The fourth-order valence-electron chi connectivity index (χ4n) is 2.23. The van der Waals surface area contributed by atoms with Crippen LogP contribution in [-0.2, 0) is 4.57 Å². The number of rotatable bonds is 6. The maximum atomic E-state index is 11.5. The second kappa shape index (κ2) is 7.00. The molecule has 1 aromatic heterocycles. The molecule has 8 heteroatoms. The van der Waals surface area contributed by atoms with E-state index < -0.39 is 19.8 Å². The summed E-state index contributed by atoms with van der Waals surface area (Å²) in [6.07, 6.45) is 2.73. The molecule has 0 aliphatic heterocycles. The number of anilines is 1. The van der Waals surface area contributed by atoms with Crippen molar-refractivity contribution in [3.8, 4) is 11.5 Å². The summed E-state index contributed by atoms with van der Waals surface area (Å²) >= 11 is 0. The number of pyridine rings is 1. The highest BCUT2D eigenvalue weighted by Crippen LogP contribution is 2.42. The van der Waals surface area contributed by atoms with E-state index in [1.807, 2.05) is 0 Å². The lowest BCUT2D eigenvalue weighted by Crippen LogP contribution is -2.16. The topological polar surface area (TPSA) is 112 Å². The van der Waals surface area contributed by atoms with Gasteiger partial charge in [0.2, 0.25) is 0 Å². The molecule has 0 fully saturated rings. The molecular formula is C15H19N2O5P. The molecule has 1 atom stereocenters. The molecule has 1 unspecified atom stereocenters. The molecule has 0 saturated carbocycles. The van der Waals surface area contributed by atoms with Gasteiger partial charge in [0.25, 0.3) is 0 Å². The third kappa shape index (κ3) is 4.69. The van der Waals surface area contributed by atoms with E-state index in [-0.39, 0.29) is 5.75 Å². The predicted molar refractivity (Wildman–Crippen MR) is 86.9 cm³/mol. The van der Waals surface area contributed by atoms with Crippen molar-refractivity contribution in [2.24, 2.45) is 0 Å². The Labute approximate surface area is 134 Å². The summed E-state index contributed by atoms with van der Waals surface area (Å²) in [5.74, 6) is 0.451. The second-order valence-electron chi connectivity index (χ2n) is 5.15. The first-order valence-electron chi connectivity index (χ1n) is 6.89. The third-order valence-corrected chi connectivity index (χ3v) is 4.24. The maximum Gasteiger partial charge on any atom is 0.327 e. The summed E-state index contributed by atoms with van der Waals surface area (Å²) < 4.78 is 16.7. The van der Waals surface area contributed by atoms with Gasteiger partial charge in [-0.1, -0.05) is 0 Å². The number of methoxy groups -OCH3 is 1. The van der Waals surface area contributed by atoms with Crippen molar-refractivity contribution in [2.75, 3.05) is 18.6 Å². The van der Waals surface area contributed by atoms with Crippen LogP contribution in [0, 0.1) is 6.92 Å². The minimum absolute atomic E-state index is 0.00282. The van der Waals surface area contributed by atoms with Crippen LogP contribution in [0.2, 0.25) is 0 Å². The van der Waals surface area contributed by atoms with E-state index in [1.165, 1.54) is 13.2 Å². The molecule has 0 bridgehead atoms. The van der Waals surface area contributed by atoms with Crippen LogP contribution >= 0.6 is 7.60 Å². The lowest BCUT2D eigenvalue weighted by Gasteiger charge is -2.22. The van der Waals surface area contributed by atoms with Gasteiger partial charge in [0.05, 0.1) is 25.0 Å². The van der Waals surface area contributed by atoms with Crippen LogP contribution in [0.5, 0.6) is 11.5 Å². The largest absolute Gasteiger partial charge is 0.508 e. The SMILES string of the molecule is COc1cc(C(CP(=O)(O)O)Nc2cccnc2)cc(O)c1C.